The molecule has 20 heteroatoms. The second-order valence-corrected chi connectivity index (χ2v) is 15.7. The molecule has 3 unspecified atom stereocenters. The maximum absolute atomic E-state index is 12.3. The zero-order valence-corrected chi connectivity index (χ0v) is 35.9. The maximum atomic E-state index is 12.3. The summed E-state index contributed by atoms with van der Waals surface area (Å²) in [6, 6.07) is -1.39. The quantitative estimate of drug-likeness (QED) is 0.0224. The van der Waals surface area contributed by atoms with Gasteiger partial charge in [0.05, 0.1) is 6.04 Å². The molecule has 0 saturated carbocycles. The van der Waals surface area contributed by atoms with Gasteiger partial charge in [0, 0.05) is 60.2 Å². The molecular formula is C38H69BN6O12S. The number of hydrogen-bond acceptors (Lipinski definition) is 15. The standard InChI is InChI=1S/C38H69BN6O12S/c1-26(46)45-34-36(56-29(4)49)35(55-28(3)48)31(25-54-27(2)47)57-38(34)58-24-16-8-14-21-42-33(51)18-9-6-12-20-41-32(50)19-10-7-13-22-43-37(52)30(40)17-11-15-23-44-39(5)53/h30-31,34-36,38,44,53H,6-25,40H2,1-5H3,(H,41,50)(H,42,51)(H,43,52)(H,45,46)/t30?,31?,34?,35-,36-,38+/m1/s1. The van der Waals surface area contributed by atoms with Crippen molar-refractivity contribution in [2.75, 3.05) is 38.5 Å². The fraction of sp³-hybridized carbons (Fsp3) is 0.816. The van der Waals surface area contributed by atoms with Gasteiger partial charge in [0.15, 0.2) is 12.2 Å². The summed E-state index contributed by atoms with van der Waals surface area (Å²) in [6.07, 6.45) is 6.85. The van der Waals surface area contributed by atoms with Crippen LogP contribution in [0.1, 0.15) is 118 Å². The van der Waals surface area contributed by atoms with E-state index in [-0.39, 0.29) is 24.3 Å². The minimum atomic E-state index is -1.13. The molecule has 1 saturated heterocycles. The molecule has 58 heavy (non-hydrogen) atoms. The lowest BCUT2D eigenvalue weighted by molar-refractivity contribution is -0.211. The van der Waals surface area contributed by atoms with Crippen molar-refractivity contribution in [2.45, 2.75) is 160 Å². The Morgan fingerprint density at radius 3 is 1.78 bits per heavy atom. The van der Waals surface area contributed by atoms with E-state index >= 15 is 0 Å². The van der Waals surface area contributed by atoms with Crippen LogP contribution in [0.5, 0.6) is 0 Å². The number of nitrogens with one attached hydrogen (secondary N) is 5. The Bertz CT molecular complexity index is 1270. The highest BCUT2D eigenvalue weighted by atomic mass is 32.2. The number of esters is 3. The van der Waals surface area contributed by atoms with Crippen molar-refractivity contribution in [1.82, 2.24) is 26.5 Å². The molecule has 0 aliphatic carbocycles. The van der Waals surface area contributed by atoms with Crippen molar-refractivity contribution >= 4 is 60.3 Å². The van der Waals surface area contributed by atoms with Crippen LogP contribution in [0.15, 0.2) is 0 Å². The summed E-state index contributed by atoms with van der Waals surface area (Å²) in [5, 5.41) is 23.6. The second kappa shape index (κ2) is 31.5. The molecule has 0 aromatic heterocycles. The summed E-state index contributed by atoms with van der Waals surface area (Å²) < 4.78 is 22.3. The highest BCUT2D eigenvalue weighted by Crippen LogP contribution is 2.33. The molecule has 18 nitrogen and oxygen atoms in total. The Morgan fingerprint density at radius 1 is 0.707 bits per heavy atom. The van der Waals surface area contributed by atoms with Crippen LogP contribution in [-0.2, 0) is 52.5 Å². The van der Waals surface area contributed by atoms with Crippen LogP contribution in [0, 0.1) is 0 Å². The highest BCUT2D eigenvalue weighted by Gasteiger charge is 2.50. The lowest BCUT2D eigenvalue weighted by atomic mass is 9.89. The topological polar surface area (TPSA) is 263 Å². The molecule has 1 rings (SSSR count). The molecule has 0 spiro atoms. The third kappa shape index (κ3) is 25.8. The van der Waals surface area contributed by atoms with E-state index < -0.39 is 66.7 Å². The van der Waals surface area contributed by atoms with Gasteiger partial charge in [-0.15, -0.1) is 11.8 Å². The third-order valence-electron chi connectivity index (χ3n) is 9.00. The molecule has 8 N–H and O–H groups in total. The monoisotopic (exact) mass is 844 g/mol. The van der Waals surface area contributed by atoms with E-state index in [4.69, 9.17) is 24.7 Å². The Balaban J connectivity index is 2.22. The molecule has 0 radical (unpaired) electrons. The molecule has 1 fully saturated rings. The van der Waals surface area contributed by atoms with E-state index in [0.29, 0.717) is 51.2 Å². The minimum absolute atomic E-state index is 0.00588. The van der Waals surface area contributed by atoms with Crippen molar-refractivity contribution in [3.63, 3.8) is 0 Å². The summed E-state index contributed by atoms with van der Waals surface area (Å²) >= 11 is 1.39. The van der Waals surface area contributed by atoms with Gasteiger partial charge in [-0.3, -0.25) is 33.6 Å². The lowest BCUT2D eigenvalue weighted by Gasteiger charge is -2.45. The van der Waals surface area contributed by atoms with E-state index in [9.17, 15) is 38.6 Å². The Hall–Kier alpha value is -3.46. The van der Waals surface area contributed by atoms with E-state index in [1.165, 1.54) is 39.5 Å². The summed E-state index contributed by atoms with van der Waals surface area (Å²) in [6.45, 7) is 8.64. The zero-order chi connectivity index (χ0) is 43.3. The van der Waals surface area contributed by atoms with Crippen LogP contribution in [0.2, 0.25) is 6.82 Å². The first kappa shape index (κ1) is 52.6. The highest BCUT2D eigenvalue weighted by molar-refractivity contribution is 7.99. The normalized spacial score (nSPS) is 19.3. The summed E-state index contributed by atoms with van der Waals surface area (Å²) in [5.41, 5.74) is 5.24. The smallest absolute Gasteiger partial charge is 0.373 e. The lowest BCUT2D eigenvalue weighted by Crippen LogP contribution is -2.65. The van der Waals surface area contributed by atoms with Crippen LogP contribution in [0.25, 0.3) is 0 Å². The van der Waals surface area contributed by atoms with Crippen LogP contribution in [0.4, 0.5) is 0 Å². The van der Waals surface area contributed by atoms with Gasteiger partial charge in [-0.05, 0) is 70.5 Å². The van der Waals surface area contributed by atoms with Gasteiger partial charge in [-0.25, -0.2) is 0 Å². The molecule has 1 aliphatic rings. The Kier molecular flexibility index (Phi) is 28.5. The van der Waals surface area contributed by atoms with E-state index in [2.05, 4.69) is 26.5 Å². The first-order valence-electron chi connectivity index (χ1n) is 20.6. The largest absolute Gasteiger partial charge is 0.463 e. The second-order valence-electron chi connectivity index (χ2n) is 14.5. The van der Waals surface area contributed by atoms with Gasteiger partial charge in [0.2, 0.25) is 23.6 Å². The average molecular weight is 845 g/mol. The number of nitrogens with two attached hydrogens (primary N) is 1. The van der Waals surface area contributed by atoms with Crippen molar-refractivity contribution in [3.8, 4) is 0 Å². The molecule has 1 heterocycles. The molecule has 0 aromatic carbocycles. The number of carbonyl (C=O) groups is 7. The Labute approximate surface area is 348 Å². The number of hydrogen-bond donors (Lipinski definition) is 7. The maximum Gasteiger partial charge on any atom is 0.373 e. The average Bonchev–Trinajstić information content (AvgIpc) is 3.14. The predicted octanol–water partition coefficient (Wildman–Crippen LogP) is 1.21. The minimum Gasteiger partial charge on any atom is -0.463 e. The number of rotatable bonds is 31. The van der Waals surface area contributed by atoms with Gasteiger partial charge < -0.3 is 56.2 Å². The first-order valence-corrected chi connectivity index (χ1v) is 21.7. The predicted molar refractivity (Wildman–Crippen MR) is 220 cm³/mol. The molecule has 0 bridgehead atoms. The van der Waals surface area contributed by atoms with Gasteiger partial charge in [-0.2, -0.15) is 0 Å². The van der Waals surface area contributed by atoms with Gasteiger partial charge in [0.1, 0.15) is 24.2 Å². The fourth-order valence-corrected chi connectivity index (χ4v) is 7.37. The summed E-state index contributed by atoms with van der Waals surface area (Å²) in [7, 11) is -0.546. The van der Waals surface area contributed by atoms with Crippen molar-refractivity contribution in [3.05, 3.63) is 0 Å². The van der Waals surface area contributed by atoms with Gasteiger partial charge in [-0.1, -0.05) is 25.7 Å². The van der Waals surface area contributed by atoms with E-state index in [1.54, 1.807) is 6.82 Å². The number of carbonyl (C=O) groups excluding carboxylic acids is 7. The molecular weight excluding hydrogens is 775 g/mol. The molecule has 4 amide bonds. The number of amides is 4. The van der Waals surface area contributed by atoms with Crippen LogP contribution in [-0.4, -0.2) is 128 Å². The molecule has 1 aliphatic heterocycles. The summed E-state index contributed by atoms with van der Waals surface area (Å²) in [5.74, 6) is -1.85. The van der Waals surface area contributed by atoms with Crippen LogP contribution in [0.3, 0.4) is 0 Å². The van der Waals surface area contributed by atoms with Crippen molar-refractivity contribution in [1.29, 1.82) is 0 Å². The molecule has 332 valence electrons. The third-order valence-corrected chi connectivity index (χ3v) is 10.3. The number of ether oxygens (including phenoxy) is 4. The van der Waals surface area contributed by atoms with Crippen LogP contribution >= 0.6 is 11.8 Å². The van der Waals surface area contributed by atoms with E-state index in [0.717, 1.165) is 70.6 Å². The van der Waals surface area contributed by atoms with Crippen molar-refractivity contribution in [2.24, 2.45) is 5.73 Å². The number of thioether (sulfide) groups is 1. The molecule has 0 aromatic rings. The van der Waals surface area contributed by atoms with Crippen molar-refractivity contribution < 1.29 is 57.5 Å². The zero-order valence-electron chi connectivity index (χ0n) is 35.1. The van der Waals surface area contributed by atoms with Gasteiger partial charge in [0.25, 0.3) is 0 Å². The van der Waals surface area contributed by atoms with E-state index in [1.807, 2.05) is 0 Å². The number of unbranched alkanes of at least 4 members (excludes halogenated alkanes) is 7. The fourth-order valence-electron chi connectivity index (χ4n) is 6.12. The molecule has 6 atom stereocenters. The first-order chi connectivity index (χ1) is 27.6. The van der Waals surface area contributed by atoms with Gasteiger partial charge >= 0.3 is 25.0 Å². The summed E-state index contributed by atoms with van der Waals surface area (Å²) in [4.78, 5) is 84.2. The Morgan fingerprint density at radius 2 is 1.24 bits per heavy atom. The SMILES string of the molecule is CB(O)NCCCCC(N)C(=O)NCCCCCC(=O)NCCCCCC(=O)NCCCCCS[C@@H]1OC(COC(C)=O)[C@@H](OC(C)=O)[C@H](OC(C)=O)C1NC(C)=O. The van der Waals surface area contributed by atoms with Crippen LogP contribution < -0.4 is 32.2 Å².